The number of piperazine rings is 1. The maximum absolute atomic E-state index is 11.7. The molecule has 0 aromatic rings. The van der Waals surface area contributed by atoms with E-state index in [0.29, 0.717) is 19.5 Å². The standard InChI is InChI=1S/C10H20N2O3/c1-10(2,3-8-13)15-9(14)12-6-4-11-5-7-12/h11,13H,3-8H2,1-2H3. The van der Waals surface area contributed by atoms with Crippen LogP contribution >= 0.6 is 0 Å². The molecular formula is C10H20N2O3. The van der Waals surface area contributed by atoms with E-state index in [2.05, 4.69) is 5.32 Å². The second kappa shape index (κ2) is 5.32. The van der Waals surface area contributed by atoms with Gasteiger partial charge in [0.15, 0.2) is 0 Å². The highest BCUT2D eigenvalue weighted by molar-refractivity contribution is 5.68. The van der Waals surface area contributed by atoms with Crippen LogP contribution in [0.15, 0.2) is 0 Å². The molecular weight excluding hydrogens is 196 g/mol. The third kappa shape index (κ3) is 4.05. The van der Waals surface area contributed by atoms with E-state index in [1.54, 1.807) is 4.90 Å². The second-order valence-electron chi connectivity index (χ2n) is 4.34. The van der Waals surface area contributed by atoms with Gasteiger partial charge in [0, 0.05) is 39.2 Å². The molecule has 5 heteroatoms. The largest absolute Gasteiger partial charge is 0.443 e. The quantitative estimate of drug-likeness (QED) is 0.707. The molecule has 2 N–H and O–H groups in total. The highest BCUT2D eigenvalue weighted by Crippen LogP contribution is 2.15. The van der Waals surface area contributed by atoms with Gasteiger partial charge in [0.2, 0.25) is 0 Å². The Morgan fingerprint density at radius 1 is 1.47 bits per heavy atom. The number of carbonyl (C=O) groups excluding carboxylic acids is 1. The molecule has 88 valence electrons. The lowest BCUT2D eigenvalue weighted by molar-refractivity contribution is -0.00186. The fraction of sp³-hybridized carbons (Fsp3) is 0.900. The van der Waals surface area contributed by atoms with Crippen LogP contribution in [0, 0.1) is 0 Å². The van der Waals surface area contributed by atoms with Gasteiger partial charge >= 0.3 is 6.09 Å². The number of rotatable bonds is 3. The van der Waals surface area contributed by atoms with Crippen LogP contribution in [0.3, 0.4) is 0 Å². The number of nitrogens with one attached hydrogen (secondary N) is 1. The van der Waals surface area contributed by atoms with Crippen LogP contribution in [-0.2, 0) is 4.74 Å². The summed E-state index contributed by atoms with van der Waals surface area (Å²) in [5.41, 5.74) is -0.587. The lowest BCUT2D eigenvalue weighted by atomic mass is 10.1. The average molecular weight is 216 g/mol. The van der Waals surface area contributed by atoms with Gasteiger partial charge in [0.25, 0.3) is 0 Å². The van der Waals surface area contributed by atoms with Crippen molar-refractivity contribution >= 4 is 6.09 Å². The molecule has 0 bridgehead atoms. The number of hydrogen-bond acceptors (Lipinski definition) is 4. The van der Waals surface area contributed by atoms with Crippen molar-refractivity contribution in [3.63, 3.8) is 0 Å². The molecule has 0 aliphatic carbocycles. The highest BCUT2D eigenvalue weighted by Gasteiger charge is 2.26. The molecule has 0 atom stereocenters. The Morgan fingerprint density at radius 2 is 2.07 bits per heavy atom. The minimum atomic E-state index is -0.587. The molecule has 1 amide bonds. The zero-order chi connectivity index (χ0) is 11.3. The third-order valence-electron chi connectivity index (χ3n) is 2.45. The van der Waals surface area contributed by atoms with E-state index in [4.69, 9.17) is 9.84 Å². The molecule has 1 heterocycles. The number of carbonyl (C=O) groups is 1. The average Bonchev–Trinajstić information content (AvgIpc) is 2.18. The van der Waals surface area contributed by atoms with Crippen molar-refractivity contribution in [2.24, 2.45) is 0 Å². The fourth-order valence-electron chi connectivity index (χ4n) is 1.47. The molecule has 0 radical (unpaired) electrons. The van der Waals surface area contributed by atoms with Crippen LogP contribution < -0.4 is 5.32 Å². The minimum absolute atomic E-state index is 0.0296. The third-order valence-corrected chi connectivity index (χ3v) is 2.45. The highest BCUT2D eigenvalue weighted by atomic mass is 16.6. The SMILES string of the molecule is CC(C)(CCO)OC(=O)N1CCNCC1. The van der Waals surface area contributed by atoms with Crippen molar-refractivity contribution < 1.29 is 14.6 Å². The Morgan fingerprint density at radius 3 is 2.60 bits per heavy atom. The van der Waals surface area contributed by atoms with Gasteiger partial charge in [-0.2, -0.15) is 0 Å². The molecule has 1 aliphatic rings. The Labute approximate surface area is 90.4 Å². The first-order valence-electron chi connectivity index (χ1n) is 5.35. The summed E-state index contributed by atoms with van der Waals surface area (Å²) in [5.74, 6) is 0. The summed E-state index contributed by atoms with van der Waals surface area (Å²) in [6.45, 7) is 6.65. The van der Waals surface area contributed by atoms with Crippen molar-refractivity contribution in [3.05, 3.63) is 0 Å². The maximum Gasteiger partial charge on any atom is 0.410 e. The minimum Gasteiger partial charge on any atom is -0.443 e. The van der Waals surface area contributed by atoms with Crippen LogP contribution in [0.4, 0.5) is 4.79 Å². The van der Waals surface area contributed by atoms with Gasteiger partial charge in [-0.15, -0.1) is 0 Å². The van der Waals surface area contributed by atoms with Crippen LogP contribution in [0.25, 0.3) is 0 Å². The number of hydrogen-bond donors (Lipinski definition) is 2. The summed E-state index contributed by atoms with van der Waals surface area (Å²) < 4.78 is 5.32. The van der Waals surface area contributed by atoms with E-state index in [9.17, 15) is 4.79 Å². The number of amides is 1. The molecule has 0 saturated carbocycles. The van der Waals surface area contributed by atoms with E-state index >= 15 is 0 Å². The van der Waals surface area contributed by atoms with Crippen LogP contribution in [0.2, 0.25) is 0 Å². The van der Waals surface area contributed by atoms with Crippen molar-refractivity contribution in [2.45, 2.75) is 25.9 Å². The van der Waals surface area contributed by atoms with Crippen molar-refractivity contribution in [3.8, 4) is 0 Å². The zero-order valence-corrected chi connectivity index (χ0v) is 9.45. The van der Waals surface area contributed by atoms with Gasteiger partial charge in [-0.25, -0.2) is 4.79 Å². The Kier molecular flexibility index (Phi) is 4.35. The summed E-state index contributed by atoms with van der Waals surface area (Å²) in [7, 11) is 0. The molecule has 1 fully saturated rings. The Bertz CT molecular complexity index is 213. The Balaban J connectivity index is 2.39. The topological polar surface area (TPSA) is 61.8 Å². The second-order valence-corrected chi connectivity index (χ2v) is 4.34. The van der Waals surface area contributed by atoms with E-state index < -0.39 is 5.60 Å². The zero-order valence-electron chi connectivity index (χ0n) is 9.45. The van der Waals surface area contributed by atoms with Gasteiger partial charge in [-0.05, 0) is 13.8 Å². The molecule has 1 aliphatic heterocycles. The first kappa shape index (κ1) is 12.3. The molecule has 0 spiro atoms. The van der Waals surface area contributed by atoms with Crippen molar-refractivity contribution in [1.82, 2.24) is 10.2 Å². The monoisotopic (exact) mass is 216 g/mol. The lowest BCUT2D eigenvalue weighted by Crippen LogP contribution is -2.48. The summed E-state index contributed by atoms with van der Waals surface area (Å²) in [4.78, 5) is 13.4. The predicted octanol–water partition coefficient (Wildman–Crippen LogP) is 0.189. The first-order chi connectivity index (χ1) is 7.05. The molecule has 5 nitrogen and oxygen atoms in total. The van der Waals surface area contributed by atoms with Crippen molar-refractivity contribution in [1.29, 1.82) is 0 Å². The van der Waals surface area contributed by atoms with Crippen LogP contribution in [0.1, 0.15) is 20.3 Å². The lowest BCUT2D eigenvalue weighted by Gasteiger charge is -2.31. The molecule has 1 saturated heterocycles. The van der Waals surface area contributed by atoms with Crippen LogP contribution in [0.5, 0.6) is 0 Å². The maximum atomic E-state index is 11.7. The molecule has 0 aromatic heterocycles. The normalized spacial score (nSPS) is 17.7. The smallest absolute Gasteiger partial charge is 0.410 e. The summed E-state index contributed by atoms with van der Waals surface area (Å²) in [5, 5.41) is 12.0. The van der Waals surface area contributed by atoms with Crippen molar-refractivity contribution in [2.75, 3.05) is 32.8 Å². The Hall–Kier alpha value is -0.810. The van der Waals surface area contributed by atoms with Gasteiger partial charge in [-0.1, -0.05) is 0 Å². The molecule has 1 rings (SSSR count). The van der Waals surface area contributed by atoms with Gasteiger partial charge in [0.1, 0.15) is 5.60 Å². The molecule has 0 unspecified atom stereocenters. The summed E-state index contributed by atoms with van der Waals surface area (Å²) in [6.07, 6.45) is 0.181. The predicted molar refractivity (Wildman–Crippen MR) is 56.7 cm³/mol. The first-order valence-corrected chi connectivity index (χ1v) is 5.35. The number of aliphatic hydroxyl groups is 1. The van der Waals surface area contributed by atoms with E-state index in [1.165, 1.54) is 0 Å². The van der Waals surface area contributed by atoms with E-state index in [0.717, 1.165) is 13.1 Å². The van der Waals surface area contributed by atoms with Crippen LogP contribution in [-0.4, -0.2) is 54.5 Å². The fourth-order valence-corrected chi connectivity index (χ4v) is 1.47. The van der Waals surface area contributed by atoms with E-state index in [1.807, 2.05) is 13.8 Å². The summed E-state index contributed by atoms with van der Waals surface area (Å²) >= 11 is 0. The number of nitrogens with zero attached hydrogens (tertiary/aromatic N) is 1. The van der Waals surface area contributed by atoms with E-state index in [-0.39, 0.29) is 12.7 Å². The molecule has 0 aromatic carbocycles. The van der Waals surface area contributed by atoms with Gasteiger partial charge in [-0.3, -0.25) is 0 Å². The van der Waals surface area contributed by atoms with Gasteiger partial charge in [0.05, 0.1) is 0 Å². The summed E-state index contributed by atoms with van der Waals surface area (Å²) in [6, 6.07) is 0. The number of ether oxygens (including phenoxy) is 1. The number of aliphatic hydroxyl groups excluding tert-OH is 1. The van der Waals surface area contributed by atoms with Gasteiger partial charge < -0.3 is 20.1 Å². The molecule has 15 heavy (non-hydrogen) atoms.